The summed E-state index contributed by atoms with van der Waals surface area (Å²) in [4.78, 5) is 31.8. The van der Waals surface area contributed by atoms with Crippen LogP contribution in [0.5, 0.6) is 0 Å². The predicted molar refractivity (Wildman–Crippen MR) is 106 cm³/mol. The van der Waals surface area contributed by atoms with E-state index in [0.717, 1.165) is 28.4 Å². The lowest BCUT2D eigenvalue weighted by molar-refractivity contribution is -0.117. The van der Waals surface area contributed by atoms with Crippen molar-refractivity contribution in [2.24, 2.45) is 0 Å². The molecule has 6 nitrogen and oxygen atoms in total. The van der Waals surface area contributed by atoms with Crippen LogP contribution in [0.25, 0.3) is 0 Å². The van der Waals surface area contributed by atoms with Crippen LogP contribution in [0.15, 0.2) is 46.1 Å². The highest BCUT2D eigenvalue weighted by molar-refractivity contribution is 7.14. The minimum atomic E-state index is -1.16. The van der Waals surface area contributed by atoms with Gasteiger partial charge in [0.25, 0.3) is 5.91 Å². The van der Waals surface area contributed by atoms with E-state index < -0.39 is 35.1 Å². The van der Waals surface area contributed by atoms with E-state index in [-0.39, 0.29) is 21.9 Å². The summed E-state index contributed by atoms with van der Waals surface area (Å²) in [5, 5.41) is 11.3. The zero-order valence-corrected chi connectivity index (χ0v) is 17.0. The van der Waals surface area contributed by atoms with Gasteiger partial charge in [-0.3, -0.25) is 14.5 Å². The van der Waals surface area contributed by atoms with Gasteiger partial charge in [-0.1, -0.05) is 0 Å². The van der Waals surface area contributed by atoms with E-state index in [1.54, 1.807) is 32.9 Å². The normalized spacial score (nSPS) is 16.6. The van der Waals surface area contributed by atoms with Gasteiger partial charge >= 0.3 is 0 Å². The molecule has 30 heavy (non-hydrogen) atoms. The maximum absolute atomic E-state index is 13.9. The van der Waals surface area contributed by atoms with Gasteiger partial charge in [-0.15, -0.1) is 11.3 Å². The summed E-state index contributed by atoms with van der Waals surface area (Å²) in [5.74, 6) is -3.78. The van der Waals surface area contributed by atoms with Crippen LogP contribution >= 0.6 is 11.3 Å². The largest absolute Gasteiger partial charge is 0.503 e. The summed E-state index contributed by atoms with van der Waals surface area (Å²) in [7, 11) is 0. The molecule has 9 heteroatoms. The van der Waals surface area contributed by atoms with Gasteiger partial charge in [0.15, 0.2) is 17.4 Å². The summed E-state index contributed by atoms with van der Waals surface area (Å²) in [5.41, 5.74) is 0.242. The number of thiazole rings is 1. The summed E-state index contributed by atoms with van der Waals surface area (Å²) < 4.78 is 33.0. The van der Waals surface area contributed by atoms with Gasteiger partial charge in [0.05, 0.1) is 21.2 Å². The highest BCUT2D eigenvalue weighted by atomic mass is 32.1. The molecule has 154 valence electrons. The lowest BCUT2D eigenvalue weighted by Gasteiger charge is -2.25. The molecule has 1 atom stereocenters. The second kappa shape index (κ2) is 7.17. The summed E-state index contributed by atoms with van der Waals surface area (Å²) in [6.07, 6.45) is 0. The first-order valence-electron chi connectivity index (χ1n) is 8.96. The fraction of sp³-hybridized carbons (Fsp3) is 0.190. The Morgan fingerprint density at radius 2 is 1.90 bits per heavy atom. The second-order valence-corrected chi connectivity index (χ2v) is 8.07. The van der Waals surface area contributed by atoms with Crippen LogP contribution in [-0.4, -0.2) is 21.8 Å². The number of aliphatic hydroxyl groups is 1. The zero-order chi connectivity index (χ0) is 21.7. The van der Waals surface area contributed by atoms with Gasteiger partial charge in [-0.2, -0.15) is 0 Å². The number of nitrogens with zero attached hydrogens (tertiary/aromatic N) is 2. The molecule has 1 aromatic carbocycles. The van der Waals surface area contributed by atoms with Crippen LogP contribution in [0.2, 0.25) is 0 Å². The number of benzene rings is 1. The van der Waals surface area contributed by atoms with E-state index in [4.69, 9.17) is 4.42 Å². The first-order valence-corrected chi connectivity index (χ1v) is 9.77. The molecular formula is C21H16F2N2O4S. The molecule has 3 heterocycles. The van der Waals surface area contributed by atoms with Gasteiger partial charge in [-0.25, -0.2) is 13.8 Å². The van der Waals surface area contributed by atoms with Gasteiger partial charge in [0, 0.05) is 11.8 Å². The molecule has 0 fully saturated rings. The van der Waals surface area contributed by atoms with Crippen LogP contribution in [0.1, 0.15) is 37.9 Å². The maximum Gasteiger partial charge on any atom is 0.294 e. The molecule has 1 unspecified atom stereocenters. The number of anilines is 1. The predicted octanol–water partition coefficient (Wildman–Crippen LogP) is 4.72. The van der Waals surface area contributed by atoms with Crippen molar-refractivity contribution >= 4 is 28.7 Å². The number of aryl methyl sites for hydroxylation is 3. The quantitative estimate of drug-likeness (QED) is 0.606. The van der Waals surface area contributed by atoms with Gasteiger partial charge in [-0.05, 0) is 45.0 Å². The minimum absolute atomic E-state index is 0.0236. The highest BCUT2D eigenvalue weighted by Gasteiger charge is 2.47. The van der Waals surface area contributed by atoms with Crippen molar-refractivity contribution in [2.75, 3.05) is 4.90 Å². The number of aliphatic hydroxyl groups excluding tert-OH is 1. The molecule has 0 bridgehead atoms. The Bertz CT molecular complexity index is 1230. The molecule has 1 aliphatic heterocycles. The Balaban J connectivity index is 1.89. The topological polar surface area (TPSA) is 83.6 Å². The van der Waals surface area contributed by atoms with E-state index in [1.807, 2.05) is 0 Å². The summed E-state index contributed by atoms with van der Waals surface area (Å²) in [6.45, 7) is 5.08. The van der Waals surface area contributed by atoms with Crippen molar-refractivity contribution in [3.63, 3.8) is 0 Å². The molecule has 1 amide bonds. The number of hydrogen-bond acceptors (Lipinski definition) is 6. The monoisotopic (exact) mass is 430 g/mol. The number of aromatic nitrogens is 1. The number of ketones is 1. The van der Waals surface area contributed by atoms with E-state index in [2.05, 4.69) is 4.98 Å². The van der Waals surface area contributed by atoms with Crippen molar-refractivity contribution < 1.29 is 27.9 Å². The van der Waals surface area contributed by atoms with Gasteiger partial charge in [0.2, 0.25) is 5.78 Å². The smallest absolute Gasteiger partial charge is 0.294 e. The average Bonchev–Trinajstić information content (AvgIpc) is 3.34. The first kappa shape index (κ1) is 20.0. The molecule has 0 spiro atoms. The molecule has 3 aromatic rings. The summed E-state index contributed by atoms with van der Waals surface area (Å²) in [6, 6.07) is 4.96. The Hall–Kier alpha value is -3.33. The fourth-order valence-electron chi connectivity index (χ4n) is 3.47. The van der Waals surface area contributed by atoms with Crippen LogP contribution in [0.4, 0.5) is 14.5 Å². The Labute approximate surface area is 174 Å². The minimum Gasteiger partial charge on any atom is -0.503 e. The van der Waals surface area contributed by atoms with E-state index in [1.165, 1.54) is 6.07 Å². The molecule has 1 aliphatic rings. The fourth-order valence-corrected chi connectivity index (χ4v) is 4.35. The maximum atomic E-state index is 13.9. The average molecular weight is 430 g/mol. The number of amides is 1. The first-order chi connectivity index (χ1) is 14.2. The molecule has 2 aromatic heterocycles. The standard InChI is InChI=1S/C21H16F2N2O4S/c1-9-4-7-15(29-9)17-16(18(26)20-10(2)24-11(3)30-20)19(27)21(28)25(17)12-5-6-13(22)14(23)8-12/h4-8,17,27H,1-3H3. The highest BCUT2D eigenvalue weighted by Crippen LogP contribution is 2.43. The number of furan rings is 1. The SMILES string of the molecule is Cc1ccc(C2C(C(=O)c3sc(C)nc3C)=C(O)C(=O)N2c2ccc(F)c(F)c2)o1. The van der Waals surface area contributed by atoms with Gasteiger partial charge in [0.1, 0.15) is 17.6 Å². The van der Waals surface area contributed by atoms with Crippen LogP contribution < -0.4 is 4.90 Å². The molecule has 4 rings (SSSR count). The molecule has 0 radical (unpaired) electrons. The molecule has 0 aliphatic carbocycles. The van der Waals surface area contributed by atoms with Crippen molar-refractivity contribution in [2.45, 2.75) is 26.8 Å². The lowest BCUT2D eigenvalue weighted by Crippen LogP contribution is -2.31. The van der Waals surface area contributed by atoms with E-state index >= 15 is 0 Å². The third kappa shape index (κ3) is 3.11. The second-order valence-electron chi connectivity index (χ2n) is 6.86. The van der Waals surface area contributed by atoms with Gasteiger partial charge < -0.3 is 9.52 Å². The van der Waals surface area contributed by atoms with Crippen molar-refractivity contribution in [1.29, 1.82) is 0 Å². The number of carbonyl (C=O) groups excluding carboxylic acids is 2. The lowest BCUT2D eigenvalue weighted by atomic mass is 9.99. The Kier molecular flexibility index (Phi) is 4.77. The van der Waals surface area contributed by atoms with Crippen LogP contribution in [0.3, 0.4) is 0 Å². The third-order valence-corrected chi connectivity index (χ3v) is 5.85. The molecule has 0 saturated carbocycles. The number of halogens is 2. The van der Waals surface area contributed by atoms with Crippen LogP contribution in [0, 0.1) is 32.4 Å². The van der Waals surface area contributed by atoms with Crippen molar-refractivity contribution in [1.82, 2.24) is 4.98 Å². The number of hydrogen-bond donors (Lipinski definition) is 1. The van der Waals surface area contributed by atoms with E-state index in [9.17, 15) is 23.5 Å². The Morgan fingerprint density at radius 3 is 2.47 bits per heavy atom. The van der Waals surface area contributed by atoms with Crippen LogP contribution in [-0.2, 0) is 4.79 Å². The molecule has 1 N–H and O–H groups in total. The molecular weight excluding hydrogens is 414 g/mol. The number of Topliss-reactive ketones (excluding diaryl/α,β-unsaturated/α-hetero) is 1. The van der Waals surface area contributed by atoms with Crippen molar-refractivity contribution in [3.05, 3.63) is 80.4 Å². The summed E-state index contributed by atoms with van der Waals surface area (Å²) >= 11 is 1.14. The number of carbonyl (C=O) groups is 2. The van der Waals surface area contributed by atoms with E-state index in [0.29, 0.717) is 16.5 Å². The number of rotatable bonds is 4. The molecule has 0 saturated heterocycles. The Morgan fingerprint density at radius 1 is 1.17 bits per heavy atom. The zero-order valence-electron chi connectivity index (χ0n) is 16.2. The van der Waals surface area contributed by atoms with Crippen molar-refractivity contribution in [3.8, 4) is 0 Å². The third-order valence-electron chi connectivity index (χ3n) is 4.77.